The van der Waals surface area contributed by atoms with E-state index in [9.17, 15) is 9.90 Å². The largest absolute Gasteiger partial charge is 0.490 e. The Balaban J connectivity index is 1.58. The van der Waals surface area contributed by atoms with E-state index in [1.54, 1.807) is 0 Å². The van der Waals surface area contributed by atoms with Crippen LogP contribution in [0.5, 0.6) is 5.75 Å². The van der Waals surface area contributed by atoms with E-state index in [1.165, 1.54) is 19.3 Å². The molecule has 2 atom stereocenters. The number of carbonyl (C=O) groups excluding carboxylic acids is 1. The van der Waals surface area contributed by atoms with Crippen LogP contribution in [0.4, 0.5) is 0 Å². The lowest BCUT2D eigenvalue weighted by Crippen LogP contribution is -2.38. The number of fused-ring (bicyclic) bond motifs is 1. The molecule has 3 rings (SSSR count). The van der Waals surface area contributed by atoms with E-state index in [2.05, 4.69) is 4.90 Å². The lowest BCUT2D eigenvalue weighted by molar-refractivity contribution is 0.0611. The van der Waals surface area contributed by atoms with Gasteiger partial charge in [-0.15, -0.1) is 0 Å². The van der Waals surface area contributed by atoms with Crippen molar-refractivity contribution in [2.75, 3.05) is 26.2 Å². The van der Waals surface area contributed by atoms with Crippen LogP contribution in [0.2, 0.25) is 0 Å². The summed E-state index contributed by atoms with van der Waals surface area (Å²) < 4.78 is 5.77. The summed E-state index contributed by atoms with van der Waals surface area (Å²) in [5.41, 5.74) is 1.79. The maximum Gasteiger partial charge on any atom is 0.169 e. The average Bonchev–Trinajstić information content (AvgIpc) is 2.82. The normalized spacial score (nSPS) is 23.4. The number of hydrogen-bond donors (Lipinski definition) is 1. The van der Waals surface area contributed by atoms with Crippen molar-refractivity contribution in [3.8, 4) is 5.75 Å². The monoisotopic (exact) mass is 303 g/mol. The second-order valence-corrected chi connectivity index (χ2v) is 6.59. The Hall–Kier alpha value is -1.39. The predicted octanol–water partition coefficient (Wildman–Crippen LogP) is 2.29. The first-order chi connectivity index (χ1) is 10.6. The van der Waals surface area contributed by atoms with Crippen molar-refractivity contribution in [3.05, 3.63) is 29.3 Å². The topological polar surface area (TPSA) is 49.8 Å². The van der Waals surface area contributed by atoms with Crippen LogP contribution in [0.3, 0.4) is 0 Å². The SMILES string of the molecule is CC1Cc2cccc(OCC(O)CN3CCCCC3)c2C1=O. The first-order valence-corrected chi connectivity index (χ1v) is 8.34. The summed E-state index contributed by atoms with van der Waals surface area (Å²) in [5.74, 6) is 0.832. The molecule has 1 aliphatic carbocycles. The van der Waals surface area contributed by atoms with Gasteiger partial charge in [-0.2, -0.15) is 0 Å². The number of ether oxygens (including phenoxy) is 1. The van der Waals surface area contributed by atoms with Gasteiger partial charge < -0.3 is 14.7 Å². The van der Waals surface area contributed by atoms with Crippen LogP contribution in [0.25, 0.3) is 0 Å². The van der Waals surface area contributed by atoms with Gasteiger partial charge in [-0.25, -0.2) is 0 Å². The summed E-state index contributed by atoms with van der Waals surface area (Å²) >= 11 is 0. The molecule has 0 radical (unpaired) electrons. The molecule has 120 valence electrons. The summed E-state index contributed by atoms with van der Waals surface area (Å²) in [6.45, 7) is 4.98. The number of β-amino-alcohol motifs (C(OH)–C–C–N with tert-alkyl or cyclic N) is 1. The molecule has 1 aromatic carbocycles. The Morgan fingerprint density at radius 2 is 2.09 bits per heavy atom. The van der Waals surface area contributed by atoms with E-state index in [4.69, 9.17) is 4.74 Å². The van der Waals surface area contributed by atoms with Gasteiger partial charge in [0.15, 0.2) is 5.78 Å². The van der Waals surface area contributed by atoms with Crippen molar-refractivity contribution < 1.29 is 14.6 Å². The first-order valence-electron chi connectivity index (χ1n) is 8.34. The fraction of sp³-hybridized carbons (Fsp3) is 0.611. The van der Waals surface area contributed by atoms with Gasteiger partial charge >= 0.3 is 0 Å². The molecule has 22 heavy (non-hydrogen) atoms. The van der Waals surface area contributed by atoms with E-state index in [0.717, 1.165) is 30.6 Å². The third-order valence-corrected chi connectivity index (χ3v) is 4.68. The Morgan fingerprint density at radius 3 is 2.86 bits per heavy atom. The molecule has 0 bridgehead atoms. The molecular weight excluding hydrogens is 278 g/mol. The second-order valence-electron chi connectivity index (χ2n) is 6.59. The van der Waals surface area contributed by atoms with Gasteiger partial charge in [0, 0.05) is 12.5 Å². The van der Waals surface area contributed by atoms with Gasteiger partial charge in [-0.05, 0) is 44.0 Å². The summed E-state index contributed by atoms with van der Waals surface area (Å²) in [7, 11) is 0. The third-order valence-electron chi connectivity index (χ3n) is 4.68. The Morgan fingerprint density at radius 1 is 1.32 bits per heavy atom. The number of piperidine rings is 1. The van der Waals surface area contributed by atoms with Gasteiger partial charge in [0.1, 0.15) is 18.5 Å². The molecule has 0 saturated carbocycles. The first kappa shape index (κ1) is 15.5. The fourth-order valence-electron chi connectivity index (χ4n) is 3.49. The van der Waals surface area contributed by atoms with Crippen molar-refractivity contribution in [2.24, 2.45) is 5.92 Å². The summed E-state index contributed by atoms with van der Waals surface area (Å²) in [6.07, 6.45) is 4.00. The van der Waals surface area contributed by atoms with E-state index in [-0.39, 0.29) is 18.3 Å². The molecule has 1 aromatic rings. The van der Waals surface area contributed by atoms with Crippen LogP contribution >= 0.6 is 0 Å². The molecule has 0 aromatic heterocycles. The number of carbonyl (C=O) groups is 1. The highest BCUT2D eigenvalue weighted by molar-refractivity contribution is 6.04. The minimum atomic E-state index is -0.511. The number of hydrogen-bond acceptors (Lipinski definition) is 4. The molecule has 2 unspecified atom stereocenters. The maximum absolute atomic E-state index is 12.2. The van der Waals surface area contributed by atoms with Crippen LogP contribution < -0.4 is 4.74 Å². The lowest BCUT2D eigenvalue weighted by atomic mass is 10.1. The van der Waals surface area contributed by atoms with Gasteiger partial charge in [-0.3, -0.25) is 4.79 Å². The second kappa shape index (κ2) is 6.80. The van der Waals surface area contributed by atoms with Crippen LogP contribution in [0.15, 0.2) is 18.2 Å². The number of aliphatic hydroxyl groups excluding tert-OH is 1. The van der Waals surface area contributed by atoms with Crippen LogP contribution in [-0.4, -0.2) is 48.1 Å². The van der Waals surface area contributed by atoms with Crippen molar-refractivity contribution >= 4 is 5.78 Å². The van der Waals surface area contributed by atoms with Crippen molar-refractivity contribution in [3.63, 3.8) is 0 Å². The minimum absolute atomic E-state index is 0.0398. The van der Waals surface area contributed by atoms with E-state index in [1.807, 2.05) is 25.1 Å². The highest BCUT2D eigenvalue weighted by Gasteiger charge is 2.30. The number of aliphatic hydroxyl groups is 1. The molecule has 1 aliphatic heterocycles. The molecular formula is C18H25NO3. The van der Waals surface area contributed by atoms with Gasteiger partial charge in [0.05, 0.1) is 5.56 Å². The Bertz CT molecular complexity index is 537. The highest BCUT2D eigenvalue weighted by atomic mass is 16.5. The quantitative estimate of drug-likeness (QED) is 0.907. The van der Waals surface area contributed by atoms with E-state index >= 15 is 0 Å². The summed E-state index contributed by atoms with van der Waals surface area (Å²) in [4.78, 5) is 14.5. The standard InChI is InChI=1S/C18H25NO3/c1-13-10-14-6-5-7-16(17(14)18(13)21)22-12-15(20)11-19-8-3-2-4-9-19/h5-7,13,15,20H,2-4,8-12H2,1H3. The van der Waals surface area contributed by atoms with Gasteiger partial charge in [0.2, 0.25) is 0 Å². The van der Waals surface area contributed by atoms with Crippen molar-refractivity contribution in [1.29, 1.82) is 0 Å². The summed E-state index contributed by atoms with van der Waals surface area (Å²) in [5, 5.41) is 10.2. The molecule has 1 saturated heterocycles. The Labute approximate surface area is 132 Å². The molecule has 1 heterocycles. The lowest BCUT2D eigenvalue weighted by Gasteiger charge is -2.28. The minimum Gasteiger partial charge on any atom is -0.490 e. The maximum atomic E-state index is 12.2. The number of nitrogens with zero attached hydrogens (tertiary/aromatic N) is 1. The Kier molecular flexibility index (Phi) is 4.79. The van der Waals surface area contributed by atoms with E-state index < -0.39 is 6.10 Å². The molecule has 1 N–H and O–H groups in total. The number of Topliss-reactive ketones (excluding diaryl/α,β-unsaturated/α-hetero) is 1. The zero-order chi connectivity index (χ0) is 15.5. The van der Waals surface area contributed by atoms with Crippen molar-refractivity contribution in [1.82, 2.24) is 4.90 Å². The number of rotatable bonds is 5. The number of ketones is 1. The zero-order valence-corrected chi connectivity index (χ0v) is 13.3. The van der Waals surface area contributed by atoms with Gasteiger partial charge in [-0.1, -0.05) is 25.5 Å². The van der Waals surface area contributed by atoms with E-state index in [0.29, 0.717) is 12.3 Å². The van der Waals surface area contributed by atoms with Crippen molar-refractivity contribution in [2.45, 2.75) is 38.7 Å². The third kappa shape index (κ3) is 3.33. The molecule has 0 spiro atoms. The van der Waals surface area contributed by atoms with Crippen LogP contribution in [-0.2, 0) is 6.42 Å². The van der Waals surface area contributed by atoms with Crippen LogP contribution in [0.1, 0.15) is 42.1 Å². The van der Waals surface area contributed by atoms with Gasteiger partial charge in [0.25, 0.3) is 0 Å². The average molecular weight is 303 g/mol. The predicted molar refractivity (Wildman–Crippen MR) is 85.4 cm³/mol. The number of benzene rings is 1. The highest BCUT2D eigenvalue weighted by Crippen LogP contribution is 2.33. The summed E-state index contributed by atoms with van der Waals surface area (Å²) in [6, 6.07) is 5.76. The smallest absolute Gasteiger partial charge is 0.169 e. The molecule has 4 nitrogen and oxygen atoms in total. The molecule has 4 heteroatoms. The number of likely N-dealkylation sites (tertiary alicyclic amines) is 1. The molecule has 1 fully saturated rings. The fourth-order valence-corrected chi connectivity index (χ4v) is 3.49. The molecule has 0 amide bonds. The zero-order valence-electron chi connectivity index (χ0n) is 13.3. The van der Waals surface area contributed by atoms with Crippen LogP contribution in [0, 0.1) is 5.92 Å². The molecule has 2 aliphatic rings.